The molecule has 2 aliphatic heterocycles. The van der Waals surface area contributed by atoms with E-state index in [1.54, 1.807) is 0 Å². The van der Waals surface area contributed by atoms with E-state index in [1.807, 2.05) is 25.5 Å². The third-order valence-electron chi connectivity index (χ3n) is 6.87. The summed E-state index contributed by atoms with van der Waals surface area (Å²) >= 11 is 0. The van der Waals surface area contributed by atoms with E-state index in [1.165, 1.54) is 36.1 Å². The summed E-state index contributed by atoms with van der Waals surface area (Å²) in [6, 6.07) is 0.0221. The van der Waals surface area contributed by atoms with Crippen LogP contribution in [0.15, 0.2) is 51.5 Å². The van der Waals surface area contributed by atoms with Crippen LogP contribution in [0.2, 0.25) is 0 Å². The van der Waals surface area contributed by atoms with E-state index in [-0.39, 0.29) is 17.7 Å². The highest BCUT2D eigenvalue weighted by Crippen LogP contribution is 2.38. The quantitative estimate of drug-likeness (QED) is 0.651. The summed E-state index contributed by atoms with van der Waals surface area (Å²) in [6.45, 7) is 3.85. The first kappa shape index (κ1) is 20.1. The molecule has 2 saturated carbocycles. The lowest BCUT2D eigenvalue weighted by molar-refractivity contribution is -0.121. The number of carbonyl (C=O) groups excluding carboxylic acids is 1. The Balaban J connectivity index is 1.49. The van der Waals surface area contributed by atoms with Gasteiger partial charge in [0.1, 0.15) is 0 Å². The van der Waals surface area contributed by atoms with Crippen LogP contribution in [0.5, 0.6) is 0 Å². The van der Waals surface area contributed by atoms with E-state index < -0.39 is 0 Å². The van der Waals surface area contributed by atoms with Crippen LogP contribution in [0.1, 0.15) is 45.4 Å². The molecule has 0 amide bonds. The molecule has 4 aliphatic rings. The first-order valence-electron chi connectivity index (χ1n) is 11.1. The third-order valence-corrected chi connectivity index (χ3v) is 6.87. The molecule has 0 aromatic carbocycles. The lowest BCUT2D eigenvalue weighted by Crippen LogP contribution is -2.37. The smallest absolute Gasteiger partial charge is 0.182 e. The maximum Gasteiger partial charge on any atom is 0.182 e. The number of allylic oxidation sites excluding steroid dienone is 4. The van der Waals surface area contributed by atoms with Gasteiger partial charge in [-0.25, -0.2) is 0 Å². The molecule has 2 N–H and O–H groups in total. The average Bonchev–Trinajstić information content (AvgIpc) is 2.61. The zero-order valence-corrected chi connectivity index (χ0v) is 18.0. The summed E-state index contributed by atoms with van der Waals surface area (Å²) in [7, 11) is 4.13. The SMILES string of the molecule is CNC1C=CNC(C(=O)C2CCC2)=C1C=NCC1=CC(C)=C(C2CCC2)N(C)C1. The fraction of sp³-hybridized carbons (Fsp3) is 0.583. The van der Waals surface area contributed by atoms with Gasteiger partial charge in [0.15, 0.2) is 5.78 Å². The zero-order chi connectivity index (χ0) is 20.4. The lowest BCUT2D eigenvalue weighted by Gasteiger charge is -2.38. The molecule has 5 nitrogen and oxygen atoms in total. The van der Waals surface area contributed by atoms with E-state index in [2.05, 4.69) is 35.6 Å². The third kappa shape index (κ3) is 4.11. The number of hydrogen-bond donors (Lipinski definition) is 2. The van der Waals surface area contributed by atoms with Crippen molar-refractivity contribution in [3.8, 4) is 0 Å². The highest BCUT2D eigenvalue weighted by molar-refractivity contribution is 6.03. The molecular formula is C24H34N4O. The Morgan fingerprint density at radius 2 is 2.07 bits per heavy atom. The van der Waals surface area contributed by atoms with Crippen molar-refractivity contribution in [1.82, 2.24) is 15.5 Å². The Morgan fingerprint density at radius 3 is 2.66 bits per heavy atom. The van der Waals surface area contributed by atoms with E-state index in [4.69, 9.17) is 4.99 Å². The Bertz CT molecular complexity index is 809. The molecule has 0 bridgehead atoms. The van der Waals surface area contributed by atoms with Crippen molar-refractivity contribution >= 4 is 12.0 Å². The van der Waals surface area contributed by atoms with Gasteiger partial charge in [0.2, 0.25) is 0 Å². The fourth-order valence-electron chi connectivity index (χ4n) is 4.84. The van der Waals surface area contributed by atoms with E-state index in [0.29, 0.717) is 6.54 Å². The minimum absolute atomic E-state index is 0.0221. The summed E-state index contributed by atoms with van der Waals surface area (Å²) in [6.07, 6.45) is 15.4. The molecule has 4 rings (SSSR count). The van der Waals surface area contributed by atoms with Crippen molar-refractivity contribution in [2.24, 2.45) is 16.8 Å². The van der Waals surface area contributed by atoms with Gasteiger partial charge in [0, 0.05) is 37.0 Å². The maximum absolute atomic E-state index is 12.9. The Morgan fingerprint density at radius 1 is 1.31 bits per heavy atom. The van der Waals surface area contributed by atoms with Gasteiger partial charge in [-0.15, -0.1) is 0 Å². The number of hydrogen-bond acceptors (Lipinski definition) is 5. The van der Waals surface area contributed by atoms with Crippen molar-refractivity contribution in [3.63, 3.8) is 0 Å². The molecule has 1 atom stereocenters. The molecule has 2 fully saturated rings. The second-order valence-electron chi connectivity index (χ2n) is 8.92. The van der Waals surface area contributed by atoms with Gasteiger partial charge >= 0.3 is 0 Å². The van der Waals surface area contributed by atoms with Gasteiger partial charge in [-0.3, -0.25) is 9.79 Å². The van der Waals surface area contributed by atoms with Crippen molar-refractivity contribution in [1.29, 1.82) is 0 Å². The molecule has 1 unspecified atom stereocenters. The molecule has 0 aromatic heterocycles. The van der Waals surface area contributed by atoms with Crippen LogP contribution in [0, 0.1) is 11.8 Å². The largest absolute Gasteiger partial charge is 0.373 e. The number of dihydropyridines is 1. The predicted molar refractivity (Wildman–Crippen MR) is 119 cm³/mol. The van der Waals surface area contributed by atoms with Crippen molar-refractivity contribution in [2.45, 2.75) is 51.5 Å². The van der Waals surface area contributed by atoms with Crippen molar-refractivity contribution in [3.05, 3.63) is 46.5 Å². The molecule has 156 valence electrons. The predicted octanol–water partition coefficient (Wildman–Crippen LogP) is 3.33. The van der Waals surface area contributed by atoms with Crippen molar-refractivity contribution < 1.29 is 4.79 Å². The Hall–Kier alpha value is -2.14. The van der Waals surface area contributed by atoms with Crippen LogP contribution in [0.4, 0.5) is 0 Å². The summed E-state index contributed by atoms with van der Waals surface area (Å²) in [5.74, 6) is 1.17. The second-order valence-corrected chi connectivity index (χ2v) is 8.92. The monoisotopic (exact) mass is 394 g/mol. The van der Waals surface area contributed by atoms with Crippen LogP contribution in [-0.2, 0) is 4.79 Å². The molecule has 0 aromatic rings. The minimum Gasteiger partial charge on any atom is -0.373 e. The summed E-state index contributed by atoms with van der Waals surface area (Å²) in [4.78, 5) is 20.0. The number of aliphatic imine (C=N–C) groups is 1. The fourth-order valence-corrected chi connectivity index (χ4v) is 4.84. The molecule has 2 aliphatic carbocycles. The van der Waals surface area contributed by atoms with E-state index in [0.717, 1.165) is 43.0 Å². The second kappa shape index (κ2) is 8.70. The number of rotatable bonds is 7. The molecule has 2 heterocycles. The zero-order valence-electron chi connectivity index (χ0n) is 18.0. The molecule has 29 heavy (non-hydrogen) atoms. The van der Waals surface area contributed by atoms with Gasteiger partial charge in [0.25, 0.3) is 0 Å². The number of nitrogens with zero attached hydrogens (tertiary/aromatic N) is 2. The molecular weight excluding hydrogens is 360 g/mol. The van der Waals surface area contributed by atoms with Crippen LogP contribution >= 0.6 is 0 Å². The highest BCUT2D eigenvalue weighted by Gasteiger charge is 2.31. The molecule has 5 heteroatoms. The first-order valence-corrected chi connectivity index (χ1v) is 11.1. The van der Waals surface area contributed by atoms with Crippen LogP contribution in [0.3, 0.4) is 0 Å². The number of Topliss-reactive ketones (excluding diaryl/α,β-unsaturated/α-hetero) is 1. The first-order chi connectivity index (χ1) is 14.1. The number of nitrogens with one attached hydrogen (secondary N) is 2. The van der Waals surface area contributed by atoms with E-state index in [9.17, 15) is 4.79 Å². The Labute approximate surface area is 174 Å². The van der Waals surface area contributed by atoms with Gasteiger partial charge in [-0.1, -0.05) is 18.9 Å². The summed E-state index contributed by atoms with van der Waals surface area (Å²) in [5, 5.41) is 6.49. The number of ketones is 1. The van der Waals surface area contributed by atoms with Crippen molar-refractivity contribution in [2.75, 3.05) is 27.2 Å². The normalized spacial score (nSPS) is 25.8. The van der Waals surface area contributed by atoms with Gasteiger partial charge < -0.3 is 15.5 Å². The number of carbonyl (C=O) groups is 1. The molecule has 0 spiro atoms. The van der Waals surface area contributed by atoms with Crippen LogP contribution in [-0.4, -0.2) is 50.1 Å². The van der Waals surface area contributed by atoms with Gasteiger partial charge in [-0.2, -0.15) is 0 Å². The topological polar surface area (TPSA) is 56.7 Å². The number of likely N-dealkylation sites (N-methyl/N-ethyl adjacent to an activating group) is 2. The van der Waals surface area contributed by atoms with Gasteiger partial charge in [0.05, 0.1) is 18.3 Å². The molecule has 0 saturated heterocycles. The Kier molecular flexibility index (Phi) is 6.04. The lowest BCUT2D eigenvalue weighted by atomic mass is 9.79. The summed E-state index contributed by atoms with van der Waals surface area (Å²) < 4.78 is 0. The maximum atomic E-state index is 12.9. The molecule has 0 radical (unpaired) electrons. The van der Waals surface area contributed by atoms with Crippen LogP contribution in [0.25, 0.3) is 0 Å². The van der Waals surface area contributed by atoms with Crippen LogP contribution < -0.4 is 10.6 Å². The average molecular weight is 395 g/mol. The van der Waals surface area contributed by atoms with E-state index >= 15 is 0 Å². The summed E-state index contributed by atoms with van der Waals surface area (Å²) in [5.41, 5.74) is 5.93. The highest BCUT2D eigenvalue weighted by atomic mass is 16.1. The minimum atomic E-state index is 0.0221. The van der Waals surface area contributed by atoms with Gasteiger partial charge in [-0.05, 0) is 69.0 Å². The standard InChI is InChI=1S/C24H34N4O/c1-16-12-17(15-28(3)23(16)18-6-4-7-18)13-26-14-20-21(25-2)10-11-27-22(20)24(29)19-8-5-9-19/h10-12,14,18-19,21,25,27H,4-9,13,15H2,1-3H3.